The monoisotopic (exact) mass is 197 g/mol. The van der Waals surface area contributed by atoms with E-state index in [0.29, 0.717) is 0 Å². The fraction of sp³-hybridized carbons (Fsp3) is 1.00. The van der Waals surface area contributed by atoms with Crippen molar-refractivity contribution in [2.75, 3.05) is 19.8 Å². The van der Waals surface area contributed by atoms with Gasteiger partial charge in [0.2, 0.25) is 0 Å². The van der Waals surface area contributed by atoms with E-state index in [4.69, 9.17) is 4.74 Å². The smallest absolute Gasteiger partial charge is 0.0591 e. The van der Waals surface area contributed by atoms with Gasteiger partial charge in [-0.15, -0.1) is 0 Å². The van der Waals surface area contributed by atoms with Crippen molar-refractivity contribution in [1.82, 2.24) is 5.32 Å². The Hall–Kier alpha value is -0.0800. The molecule has 82 valence electrons. The van der Waals surface area contributed by atoms with E-state index in [2.05, 4.69) is 5.32 Å². The van der Waals surface area contributed by atoms with Crippen LogP contribution in [0.3, 0.4) is 0 Å². The van der Waals surface area contributed by atoms with Crippen molar-refractivity contribution < 1.29 is 4.74 Å². The second-order valence-electron chi connectivity index (χ2n) is 4.81. The molecule has 0 saturated heterocycles. The molecule has 14 heavy (non-hydrogen) atoms. The molecule has 0 radical (unpaired) electrons. The molecule has 0 bridgehead atoms. The lowest BCUT2D eigenvalue weighted by Gasteiger charge is -2.21. The number of nitrogens with one attached hydrogen (secondary N) is 1. The molecule has 2 rings (SSSR count). The molecule has 2 fully saturated rings. The summed E-state index contributed by atoms with van der Waals surface area (Å²) in [7, 11) is 0. The Bertz CT molecular complexity index is 150. The molecule has 2 nitrogen and oxygen atoms in total. The largest absolute Gasteiger partial charge is 0.380 e. The summed E-state index contributed by atoms with van der Waals surface area (Å²) >= 11 is 0. The Morgan fingerprint density at radius 1 is 1.00 bits per heavy atom. The van der Waals surface area contributed by atoms with Crippen molar-refractivity contribution in [3.63, 3.8) is 0 Å². The van der Waals surface area contributed by atoms with Gasteiger partial charge in [-0.2, -0.15) is 0 Å². The zero-order valence-corrected chi connectivity index (χ0v) is 9.13. The average Bonchev–Trinajstić information content (AvgIpc) is 3.03. The molecule has 0 heterocycles. The van der Waals surface area contributed by atoms with Crippen LogP contribution in [0.1, 0.15) is 44.9 Å². The van der Waals surface area contributed by atoms with E-state index in [1.807, 2.05) is 0 Å². The maximum Gasteiger partial charge on any atom is 0.0591 e. The first-order valence-corrected chi connectivity index (χ1v) is 6.26. The van der Waals surface area contributed by atoms with Gasteiger partial charge in [0.25, 0.3) is 0 Å². The van der Waals surface area contributed by atoms with Crippen LogP contribution in [-0.2, 0) is 4.74 Å². The van der Waals surface area contributed by atoms with E-state index in [9.17, 15) is 0 Å². The van der Waals surface area contributed by atoms with E-state index < -0.39 is 0 Å². The summed E-state index contributed by atoms with van der Waals surface area (Å²) in [6.07, 6.45) is 9.85. The van der Waals surface area contributed by atoms with Gasteiger partial charge in [0.05, 0.1) is 6.61 Å². The Labute approximate surface area is 87.4 Å². The second-order valence-corrected chi connectivity index (χ2v) is 4.81. The third-order valence-corrected chi connectivity index (χ3v) is 3.34. The minimum Gasteiger partial charge on any atom is -0.380 e. The van der Waals surface area contributed by atoms with Crippen LogP contribution in [0.2, 0.25) is 0 Å². The molecule has 2 aliphatic rings. The van der Waals surface area contributed by atoms with Crippen LogP contribution < -0.4 is 5.32 Å². The normalized spacial score (nSPS) is 24.0. The van der Waals surface area contributed by atoms with Crippen LogP contribution in [0.15, 0.2) is 0 Å². The van der Waals surface area contributed by atoms with Crippen molar-refractivity contribution in [2.24, 2.45) is 5.92 Å². The van der Waals surface area contributed by atoms with E-state index in [1.165, 1.54) is 44.9 Å². The zero-order valence-electron chi connectivity index (χ0n) is 9.13. The van der Waals surface area contributed by atoms with Crippen molar-refractivity contribution in [3.8, 4) is 0 Å². The molecule has 0 spiro atoms. The van der Waals surface area contributed by atoms with Crippen molar-refractivity contribution >= 4 is 0 Å². The maximum atomic E-state index is 5.69. The van der Waals surface area contributed by atoms with Crippen LogP contribution in [0.25, 0.3) is 0 Å². The quantitative estimate of drug-likeness (QED) is 0.660. The predicted molar refractivity (Wildman–Crippen MR) is 58.4 cm³/mol. The first-order chi connectivity index (χ1) is 6.95. The van der Waals surface area contributed by atoms with Crippen LogP contribution >= 0.6 is 0 Å². The van der Waals surface area contributed by atoms with E-state index >= 15 is 0 Å². The number of rotatable bonds is 6. The predicted octanol–water partition coefficient (Wildman–Crippen LogP) is 2.34. The van der Waals surface area contributed by atoms with Crippen molar-refractivity contribution in [2.45, 2.75) is 51.0 Å². The van der Waals surface area contributed by atoms with Gasteiger partial charge in [-0.3, -0.25) is 0 Å². The summed E-state index contributed by atoms with van der Waals surface area (Å²) in [5.41, 5.74) is 0. The third-order valence-electron chi connectivity index (χ3n) is 3.34. The molecule has 0 aromatic heterocycles. The Morgan fingerprint density at radius 2 is 1.79 bits per heavy atom. The molecular formula is C12H23NO. The number of ether oxygens (including phenoxy) is 1. The van der Waals surface area contributed by atoms with Crippen molar-refractivity contribution in [1.29, 1.82) is 0 Å². The molecule has 2 aliphatic carbocycles. The molecule has 0 aromatic rings. The fourth-order valence-corrected chi connectivity index (χ4v) is 2.23. The summed E-state index contributed by atoms with van der Waals surface area (Å²) < 4.78 is 5.69. The topological polar surface area (TPSA) is 21.3 Å². The van der Waals surface area contributed by atoms with Gasteiger partial charge < -0.3 is 10.1 Å². The lowest BCUT2D eigenvalue weighted by atomic mass is 9.90. The first-order valence-electron chi connectivity index (χ1n) is 6.26. The number of hydrogen-bond donors (Lipinski definition) is 1. The van der Waals surface area contributed by atoms with E-state index in [-0.39, 0.29) is 0 Å². The number of hydrogen-bond acceptors (Lipinski definition) is 2. The summed E-state index contributed by atoms with van der Waals surface area (Å²) in [6, 6.07) is 0.827. The Kier molecular flexibility index (Phi) is 4.26. The maximum absolute atomic E-state index is 5.69. The van der Waals surface area contributed by atoms with Gasteiger partial charge >= 0.3 is 0 Å². The lowest BCUT2D eigenvalue weighted by Crippen LogP contribution is -2.23. The van der Waals surface area contributed by atoms with Crippen molar-refractivity contribution in [3.05, 3.63) is 0 Å². The minimum absolute atomic E-state index is 0.827. The standard InChI is InChI=1S/C12H23NO/c1-2-4-11(5-3-1)10-14-9-8-13-12-6-7-12/h11-13H,1-10H2. The van der Waals surface area contributed by atoms with Gasteiger partial charge in [0, 0.05) is 19.2 Å². The highest BCUT2D eigenvalue weighted by Crippen LogP contribution is 2.23. The summed E-state index contributed by atoms with van der Waals surface area (Å²) in [5, 5.41) is 3.47. The van der Waals surface area contributed by atoms with Crippen LogP contribution in [0, 0.1) is 5.92 Å². The second kappa shape index (κ2) is 5.72. The van der Waals surface area contributed by atoms with Gasteiger partial charge in [-0.25, -0.2) is 0 Å². The molecule has 0 unspecified atom stereocenters. The highest BCUT2D eigenvalue weighted by Gasteiger charge is 2.19. The molecule has 2 saturated carbocycles. The van der Waals surface area contributed by atoms with Crippen LogP contribution in [0.4, 0.5) is 0 Å². The lowest BCUT2D eigenvalue weighted by molar-refractivity contribution is 0.0868. The zero-order chi connectivity index (χ0) is 9.64. The SMILES string of the molecule is C1CCC(COCCNC2CC2)CC1. The van der Waals surface area contributed by atoms with Crippen LogP contribution in [-0.4, -0.2) is 25.8 Å². The third kappa shape index (κ3) is 3.97. The minimum atomic E-state index is 0.827. The first kappa shape index (κ1) is 10.4. The molecule has 0 atom stereocenters. The van der Waals surface area contributed by atoms with Crippen LogP contribution in [0.5, 0.6) is 0 Å². The molecule has 2 heteroatoms. The fourth-order valence-electron chi connectivity index (χ4n) is 2.23. The van der Waals surface area contributed by atoms with Gasteiger partial charge in [-0.1, -0.05) is 19.3 Å². The molecule has 0 amide bonds. The molecule has 0 aliphatic heterocycles. The highest BCUT2D eigenvalue weighted by atomic mass is 16.5. The van der Waals surface area contributed by atoms with Gasteiger partial charge in [0.15, 0.2) is 0 Å². The summed E-state index contributed by atoms with van der Waals surface area (Å²) in [5.74, 6) is 0.865. The van der Waals surface area contributed by atoms with E-state index in [1.54, 1.807) is 0 Å². The Morgan fingerprint density at radius 3 is 2.50 bits per heavy atom. The van der Waals surface area contributed by atoms with Gasteiger partial charge in [0.1, 0.15) is 0 Å². The molecular weight excluding hydrogens is 174 g/mol. The summed E-state index contributed by atoms with van der Waals surface area (Å²) in [4.78, 5) is 0. The molecule has 1 N–H and O–H groups in total. The summed E-state index contributed by atoms with van der Waals surface area (Å²) in [6.45, 7) is 2.97. The van der Waals surface area contributed by atoms with Gasteiger partial charge in [-0.05, 0) is 31.6 Å². The molecule has 0 aromatic carbocycles. The Balaban J connectivity index is 1.41. The van der Waals surface area contributed by atoms with E-state index in [0.717, 1.165) is 31.7 Å². The average molecular weight is 197 g/mol. The highest BCUT2D eigenvalue weighted by molar-refractivity contribution is 4.80.